The number of nitrogens with two attached hydrogens (primary N) is 1. The van der Waals surface area contributed by atoms with Crippen LogP contribution in [0.5, 0.6) is 0 Å². The quantitative estimate of drug-likeness (QED) is 0.688. The molecule has 13 heavy (non-hydrogen) atoms. The van der Waals surface area contributed by atoms with Gasteiger partial charge in [-0.1, -0.05) is 20.8 Å². The molecule has 0 spiro atoms. The highest BCUT2D eigenvalue weighted by Crippen LogP contribution is 2.16. The molecule has 0 aliphatic carbocycles. The average molecular weight is 186 g/mol. The minimum atomic E-state index is 0.249. The maximum atomic E-state index is 5.72. The van der Waals surface area contributed by atoms with Gasteiger partial charge in [0.05, 0.1) is 0 Å². The molecule has 0 aromatic carbocycles. The van der Waals surface area contributed by atoms with E-state index in [1.807, 2.05) is 0 Å². The minimum absolute atomic E-state index is 0.249. The summed E-state index contributed by atoms with van der Waals surface area (Å²) in [5.74, 6) is 0. The van der Waals surface area contributed by atoms with Gasteiger partial charge in [-0.3, -0.25) is 0 Å². The van der Waals surface area contributed by atoms with Crippen molar-refractivity contribution in [2.45, 2.75) is 47.1 Å². The normalized spacial score (nSPS) is 12.9. The number of hydrogen-bond acceptors (Lipinski definition) is 2. The van der Waals surface area contributed by atoms with Gasteiger partial charge in [-0.15, -0.1) is 0 Å². The van der Waals surface area contributed by atoms with Gasteiger partial charge in [-0.2, -0.15) is 0 Å². The minimum Gasteiger partial charge on any atom is -0.330 e. The monoisotopic (exact) mass is 186 g/mol. The van der Waals surface area contributed by atoms with E-state index in [9.17, 15) is 0 Å². The van der Waals surface area contributed by atoms with Gasteiger partial charge in [0.15, 0.2) is 0 Å². The van der Waals surface area contributed by atoms with Gasteiger partial charge < -0.3 is 10.6 Å². The zero-order valence-corrected chi connectivity index (χ0v) is 9.93. The lowest BCUT2D eigenvalue weighted by atomic mass is 9.92. The van der Waals surface area contributed by atoms with Crippen molar-refractivity contribution in [3.63, 3.8) is 0 Å². The Bertz CT molecular complexity index is 130. The molecule has 2 nitrogen and oxygen atoms in total. The van der Waals surface area contributed by atoms with Gasteiger partial charge >= 0.3 is 0 Å². The van der Waals surface area contributed by atoms with E-state index in [-0.39, 0.29) is 5.41 Å². The van der Waals surface area contributed by atoms with Gasteiger partial charge in [0.2, 0.25) is 0 Å². The smallest absolute Gasteiger partial charge is 0.00475 e. The van der Waals surface area contributed by atoms with Crippen LogP contribution in [-0.2, 0) is 0 Å². The highest BCUT2D eigenvalue weighted by Gasteiger charge is 2.20. The molecular weight excluding hydrogens is 160 g/mol. The number of rotatable bonds is 6. The van der Waals surface area contributed by atoms with Crippen molar-refractivity contribution in [3.05, 3.63) is 0 Å². The van der Waals surface area contributed by atoms with E-state index in [2.05, 4.69) is 39.5 Å². The molecule has 0 amide bonds. The van der Waals surface area contributed by atoms with Crippen LogP contribution in [0.1, 0.15) is 41.0 Å². The fraction of sp³-hybridized carbons (Fsp3) is 1.00. The summed E-state index contributed by atoms with van der Waals surface area (Å²) in [5, 5.41) is 0. The summed E-state index contributed by atoms with van der Waals surface area (Å²) in [5.41, 5.74) is 5.97. The van der Waals surface area contributed by atoms with Gasteiger partial charge in [0.25, 0.3) is 0 Å². The lowest BCUT2D eigenvalue weighted by Gasteiger charge is -2.34. The van der Waals surface area contributed by atoms with E-state index in [4.69, 9.17) is 5.73 Å². The van der Waals surface area contributed by atoms with Gasteiger partial charge in [-0.25, -0.2) is 0 Å². The zero-order chi connectivity index (χ0) is 10.5. The molecule has 0 bridgehead atoms. The first-order valence-electron chi connectivity index (χ1n) is 5.37. The van der Waals surface area contributed by atoms with Crippen LogP contribution < -0.4 is 5.73 Å². The van der Waals surface area contributed by atoms with Crippen LogP contribution in [-0.4, -0.2) is 30.6 Å². The van der Waals surface area contributed by atoms with Gasteiger partial charge in [0, 0.05) is 12.6 Å². The summed E-state index contributed by atoms with van der Waals surface area (Å²) < 4.78 is 0. The summed E-state index contributed by atoms with van der Waals surface area (Å²) in [6.07, 6.45) is 1.22. The first-order chi connectivity index (χ1) is 5.93. The molecule has 0 rings (SSSR count). The SMILES string of the molecule is CCCN(CC(C)(C)CN)C(C)C. The standard InChI is InChI=1S/C11H26N2/c1-6-7-13(10(2)3)9-11(4,5)8-12/h10H,6-9,12H2,1-5H3. The van der Waals surface area contributed by atoms with Crippen molar-refractivity contribution >= 4 is 0 Å². The predicted octanol–water partition coefficient (Wildman–Crippen LogP) is 2.09. The molecule has 80 valence electrons. The average Bonchev–Trinajstić information content (AvgIpc) is 2.03. The maximum Gasteiger partial charge on any atom is 0.00475 e. The lowest BCUT2D eigenvalue weighted by molar-refractivity contribution is 0.149. The van der Waals surface area contributed by atoms with Crippen LogP contribution >= 0.6 is 0 Å². The Kier molecular flexibility index (Phi) is 5.57. The van der Waals surface area contributed by atoms with Crippen LogP contribution in [0.25, 0.3) is 0 Å². The molecule has 2 heteroatoms. The third-order valence-corrected chi connectivity index (χ3v) is 2.42. The van der Waals surface area contributed by atoms with Gasteiger partial charge in [0.1, 0.15) is 0 Å². The Labute approximate surface area is 83.5 Å². The van der Waals surface area contributed by atoms with Crippen LogP contribution in [0.3, 0.4) is 0 Å². The molecule has 2 N–H and O–H groups in total. The molecule has 0 saturated heterocycles. The lowest BCUT2D eigenvalue weighted by Crippen LogP contribution is -2.42. The molecule has 0 aliphatic heterocycles. The Balaban J connectivity index is 4.08. The van der Waals surface area contributed by atoms with E-state index in [0.717, 1.165) is 13.1 Å². The summed E-state index contributed by atoms with van der Waals surface area (Å²) in [4.78, 5) is 2.51. The second-order valence-corrected chi connectivity index (χ2v) is 4.93. The van der Waals surface area contributed by atoms with Crippen LogP contribution in [0.15, 0.2) is 0 Å². The Morgan fingerprint density at radius 1 is 1.31 bits per heavy atom. The predicted molar refractivity (Wildman–Crippen MR) is 59.8 cm³/mol. The topological polar surface area (TPSA) is 29.3 Å². The molecule has 0 saturated carbocycles. The summed E-state index contributed by atoms with van der Waals surface area (Å²) in [7, 11) is 0. The largest absolute Gasteiger partial charge is 0.330 e. The number of nitrogens with zero attached hydrogens (tertiary/aromatic N) is 1. The Morgan fingerprint density at radius 2 is 1.85 bits per heavy atom. The van der Waals surface area contributed by atoms with E-state index in [1.165, 1.54) is 13.0 Å². The first-order valence-corrected chi connectivity index (χ1v) is 5.37. The zero-order valence-electron chi connectivity index (χ0n) is 9.93. The molecule has 0 aliphatic rings. The summed E-state index contributed by atoms with van der Waals surface area (Å²) in [6, 6.07) is 0.630. The van der Waals surface area contributed by atoms with Crippen molar-refractivity contribution in [2.75, 3.05) is 19.6 Å². The Hall–Kier alpha value is -0.0800. The summed E-state index contributed by atoms with van der Waals surface area (Å²) in [6.45, 7) is 14.3. The van der Waals surface area contributed by atoms with E-state index in [0.29, 0.717) is 6.04 Å². The third kappa shape index (κ3) is 5.27. The van der Waals surface area contributed by atoms with Crippen LogP contribution in [0.4, 0.5) is 0 Å². The molecule has 0 aromatic rings. The van der Waals surface area contributed by atoms with Crippen molar-refractivity contribution in [3.8, 4) is 0 Å². The number of hydrogen-bond donors (Lipinski definition) is 1. The Morgan fingerprint density at radius 3 is 2.15 bits per heavy atom. The molecular formula is C11H26N2. The van der Waals surface area contributed by atoms with Gasteiger partial charge in [-0.05, 0) is 38.8 Å². The first kappa shape index (κ1) is 12.9. The highest BCUT2D eigenvalue weighted by atomic mass is 15.1. The third-order valence-electron chi connectivity index (χ3n) is 2.42. The second-order valence-electron chi connectivity index (χ2n) is 4.93. The van der Waals surface area contributed by atoms with Crippen LogP contribution in [0.2, 0.25) is 0 Å². The van der Waals surface area contributed by atoms with E-state index < -0.39 is 0 Å². The molecule has 0 atom stereocenters. The van der Waals surface area contributed by atoms with E-state index >= 15 is 0 Å². The maximum absolute atomic E-state index is 5.72. The summed E-state index contributed by atoms with van der Waals surface area (Å²) >= 11 is 0. The van der Waals surface area contributed by atoms with Crippen LogP contribution in [0, 0.1) is 5.41 Å². The van der Waals surface area contributed by atoms with E-state index in [1.54, 1.807) is 0 Å². The molecule has 0 heterocycles. The molecule has 0 aromatic heterocycles. The second kappa shape index (κ2) is 5.61. The fourth-order valence-electron chi connectivity index (χ4n) is 1.42. The highest BCUT2D eigenvalue weighted by molar-refractivity contribution is 4.76. The fourth-order valence-corrected chi connectivity index (χ4v) is 1.42. The van der Waals surface area contributed by atoms with Crippen molar-refractivity contribution < 1.29 is 0 Å². The molecule has 0 unspecified atom stereocenters. The molecule has 0 radical (unpaired) electrons. The molecule has 0 fully saturated rings. The van der Waals surface area contributed by atoms with Crippen molar-refractivity contribution in [1.29, 1.82) is 0 Å². The van der Waals surface area contributed by atoms with Crippen molar-refractivity contribution in [2.24, 2.45) is 11.1 Å². The van der Waals surface area contributed by atoms with Crippen molar-refractivity contribution in [1.82, 2.24) is 4.90 Å².